The van der Waals surface area contributed by atoms with Crippen molar-refractivity contribution in [1.82, 2.24) is 10.2 Å². The zero-order valence-electron chi connectivity index (χ0n) is 7.26. The number of amides is 3. The topological polar surface area (TPSA) is 49.4 Å². The van der Waals surface area contributed by atoms with Crippen LogP contribution >= 0.6 is 0 Å². The van der Waals surface area contributed by atoms with Gasteiger partial charge in [0.05, 0.1) is 0 Å². The summed E-state index contributed by atoms with van der Waals surface area (Å²) in [5.74, 6) is 0.272. The average Bonchev–Trinajstić information content (AvgIpc) is 2.80. The van der Waals surface area contributed by atoms with Gasteiger partial charge in [0.1, 0.15) is 5.54 Å². The fraction of sp³-hybridized carbons (Fsp3) is 0.750. The molecule has 4 heteroatoms. The largest absolute Gasteiger partial charge is 0.324 e. The lowest BCUT2D eigenvalue weighted by Crippen LogP contribution is -2.45. The predicted octanol–water partition coefficient (Wildman–Crippen LogP) is 0.337. The van der Waals surface area contributed by atoms with Gasteiger partial charge in [-0.25, -0.2) is 4.79 Å². The molecule has 3 amide bonds. The van der Waals surface area contributed by atoms with Crippen LogP contribution in [0.5, 0.6) is 0 Å². The Kier molecular flexibility index (Phi) is 1.26. The monoisotopic (exact) mass is 168 g/mol. The molecule has 0 bridgehead atoms. The van der Waals surface area contributed by atoms with Crippen molar-refractivity contribution in [1.29, 1.82) is 0 Å². The van der Waals surface area contributed by atoms with Crippen LogP contribution in [-0.2, 0) is 4.79 Å². The van der Waals surface area contributed by atoms with Gasteiger partial charge in [0, 0.05) is 7.05 Å². The number of carbonyl (C=O) groups excluding carboxylic acids is 2. The zero-order valence-corrected chi connectivity index (χ0v) is 7.26. The number of nitrogens with one attached hydrogen (secondary N) is 1. The minimum Gasteiger partial charge on any atom is -0.323 e. The molecule has 2 fully saturated rings. The molecular weight excluding hydrogens is 156 g/mol. The fourth-order valence-corrected chi connectivity index (χ4v) is 1.74. The standard InChI is InChI=1S/C8H12N2O2/c1-8(5-3-4-5)6(11)10(2)7(12)9-8/h5H,3-4H2,1-2H3,(H,9,12). The summed E-state index contributed by atoms with van der Waals surface area (Å²) in [5.41, 5.74) is -0.605. The maximum atomic E-state index is 11.6. The van der Waals surface area contributed by atoms with Crippen LogP contribution in [0.4, 0.5) is 4.79 Å². The van der Waals surface area contributed by atoms with Gasteiger partial charge in [0.25, 0.3) is 5.91 Å². The first-order chi connectivity index (χ1) is 5.55. The molecule has 1 atom stereocenters. The van der Waals surface area contributed by atoms with E-state index in [1.54, 1.807) is 0 Å². The van der Waals surface area contributed by atoms with E-state index < -0.39 is 5.54 Å². The van der Waals surface area contributed by atoms with Crippen molar-refractivity contribution in [2.75, 3.05) is 7.05 Å². The first kappa shape index (κ1) is 7.58. The average molecular weight is 168 g/mol. The molecule has 0 aromatic rings. The van der Waals surface area contributed by atoms with Crippen LogP contribution in [0.3, 0.4) is 0 Å². The number of nitrogens with zero attached hydrogens (tertiary/aromatic N) is 1. The van der Waals surface area contributed by atoms with E-state index in [0.29, 0.717) is 5.92 Å². The number of imide groups is 1. The van der Waals surface area contributed by atoms with Gasteiger partial charge in [0.15, 0.2) is 0 Å². The zero-order chi connectivity index (χ0) is 8.93. The van der Waals surface area contributed by atoms with Crippen LogP contribution in [0.2, 0.25) is 0 Å². The second kappa shape index (κ2) is 2.00. The number of urea groups is 1. The second-order valence-electron chi connectivity index (χ2n) is 3.77. The molecule has 1 N–H and O–H groups in total. The minimum atomic E-state index is -0.605. The third-order valence-corrected chi connectivity index (χ3v) is 2.81. The summed E-state index contributed by atoms with van der Waals surface area (Å²) in [6.45, 7) is 1.81. The third-order valence-electron chi connectivity index (χ3n) is 2.81. The Balaban J connectivity index is 2.28. The quantitative estimate of drug-likeness (QED) is 0.574. The maximum Gasteiger partial charge on any atom is 0.324 e. The molecule has 1 aliphatic heterocycles. The summed E-state index contributed by atoms with van der Waals surface area (Å²) in [4.78, 5) is 23.9. The van der Waals surface area contributed by atoms with Gasteiger partial charge in [0.2, 0.25) is 0 Å². The molecule has 0 spiro atoms. The molecule has 2 aliphatic rings. The van der Waals surface area contributed by atoms with E-state index in [1.807, 2.05) is 6.92 Å². The maximum absolute atomic E-state index is 11.6. The molecule has 66 valence electrons. The Morgan fingerprint density at radius 3 is 2.42 bits per heavy atom. The smallest absolute Gasteiger partial charge is 0.323 e. The molecule has 1 saturated carbocycles. The van der Waals surface area contributed by atoms with Gasteiger partial charge in [-0.15, -0.1) is 0 Å². The van der Waals surface area contributed by atoms with Gasteiger partial charge in [-0.2, -0.15) is 0 Å². The van der Waals surface area contributed by atoms with Crippen molar-refractivity contribution in [2.45, 2.75) is 25.3 Å². The highest BCUT2D eigenvalue weighted by Crippen LogP contribution is 2.42. The van der Waals surface area contributed by atoms with Crippen LogP contribution < -0.4 is 5.32 Å². The van der Waals surface area contributed by atoms with Gasteiger partial charge in [-0.1, -0.05) is 0 Å². The second-order valence-corrected chi connectivity index (χ2v) is 3.77. The van der Waals surface area contributed by atoms with E-state index in [9.17, 15) is 9.59 Å². The first-order valence-electron chi connectivity index (χ1n) is 4.16. The molecule has 1 aliphatic carbocycles. The SMILES string of the molecule is CN1C(=O)NC(C)(C2CC2)C1=O. The normalized spacial score (nSPS) is 35.7. The number of likely N-dealkylation sites (N-methyl/N-ethyl adjacent to an activating group) is 1. The summed E-state index contributed by atoms with van der Waals surface area (Å²) < 4.78 is 0. The van der Waals surface area contributed by atoms with Crippen molar-refractivity contribution < 1.29 is 9.59 Å². The van der Waals surface area contributed by atoms with Gasteiger partial charge in [-0.3, -0.25) is 9.69 Å². The van der Waals surface area contributed by atoms with E-state index in [4.69, 9.17) is 0 Å². The number of rotatable bonds is 1. The van der Waals surface area contributed by atoms with E-state index in [0.717, 1.165) is 12.8 Å². The van der Waals surface area contributed by atoms with Crippen molar-refractivity contribution in [2.24, 2.45) is 5.92 Å². The van der Waals surface area contributed by atoms with E-state index in [1.165, 1.54) is 11.9 Å². The molecule has 0 aromatic heterocycles. The van der Waals surface area contributed by atoms with E-state index >= 15 is 0 Å². The van der Waals surface area contributed by atoms with E-state index in [2.05, 4.69) is 5.32 Å². The van der Waals surface area contributed by atoms with Crippen molar-refractivity contribution in [3.63, 3.8) is 0 Å². The van der Waals surface area contributed by atoms with Crippen LogP contribution in [-0.4, -0.2) is 29.4 Å². The Hall–Kier alpha value is -1.06. The fourth-order valence-electron chi connectivity index (χ4n) is 1.74. The van der Waals surface area contributed by atoms with Crippen molar-refractivity contribution in [3.8, 4) is 0 Å². The molecule has 1 unspecified atom stereocenters. The van der Waals surface area contributed by atoms with Gasteiger partial charge < -0.3 is 5.32 Å². The lowest BCUT2D eigenvalue weighted by Gasteiger charge is -2.19. The lowest BCUT2D eigenvalue weighted by atomic mass is 9.96. The number of hydrogen-bond donors (Lipinski definition) is 1. The highest BCUT2D eigenvalue weighted by Gasteiger charge is 2.54. The Labute approximate surface area is 70.9 Å². The van der Waals surface area contributed by atoms with Crippen LogP contribution in [0.1, 0.15) is 19.8 Å². The summed E-state index contributed by atoms with van der Waals surface area (Å²) >= 11 is 0. The molecular formula is C8H12N2O2. The third kappa shape index (κ3) is 0.777. The Morgan fingerprint density at radius 2 is 2.08 bits per heavy atom. The minimum absolute atomic E-state index is 0.0880. The molecule has 1 saturated heterocycles. The molecule has 0 radical (unpaired) electrons. The Morgan fingerprint density at radius 1 is 1.50 bits per heavy atom. The molecule has 0 aromatic carbocycles. The summed E-state index contributed by atoms with van der Waals surface area (Å²) in [6.07, 6.45) is 2.10. The summed E-state index contributed by atoms with van der Waals surface area (Å²) in [5, 5.41) is 2.73. The summed E-state index contributed by atoms with van der Waals surface area (Å²) in [6, 6.07) is -0.269. The van der Waals surface area contributed by atoms with Crippen molar-refractivity contribution in [3.05, 3.63) is 0 Å². The lowest BCUT2D eigenvalue weighted by molar-refractivity contribution is -0.130. The molecule has 4 nitrogen and oxygen atoms in total. The highest BCUT2D eigenvalue weighted by atomic mass is 16.2. The predicted molar refractivity (Wildman–Crippen MR) is 42.4 cm³/mol. The van der Waals surface area contributed by atoms with Crippen molar-refractivity contribution >= 4 is 11.9 Å². The Bertz CT molecular complexity index is 260. The summed E-state index contributed by atoms with van der Waals surface area (Å²) in [7, 11) is 1.52. The molecule has 2 rings (SSSR count). The van der Waals surface area contributed by atoms with Crippen LogP contribution in [0, 0.1) is 5.92 Å². The van der Waals surface area contributed by atoms with Crippen LogP contribution in [0.15, 0.2) is 0 Å². The van der Waals surface area contributed by atoms with E-state index in [-0.39, 0.29) is 11.9 Å². The highest BCUT2D eigenvalue weighted by molar-refractivity contribution is 6.06. The van der Waals surface area contributed by atoms with Crippen LogP contribution in [0.25, 0.3) is 0 Å². The van der Waals surface area contributed by atoms with Gasteiger partial charge >= 0.3 is 6.03 Å². The first-order valence-corrected chi connectivity index (χ1v) is 4.16. The molecule has 1 heterocycles. The van der Waals surface area contributed by atoms with Gasteiger partial charge in [-0.05, 0) is 25.7 Å². The number of hydrogen-bond acceptors (Lipinski definition) is 2. The number of carbonyl (C=O) groups is 2. The molecule has 12 heavy (non-hydrogen) atoms.